The predicted octanol–water partition coefficient (Wildman–Crippen LogP) is 2.81. The number of amides is 1. The molecule has 168 valence electrons. The van der Waals surface area contributed by atoms with Crippen LogP contribution in [-0.2, 0) is 17.8 Å². The summed E-state index contributed by atoms with van der Waals surface area (Å²) in [6.07, 6.45) is 4.30. The number of aromatic nitrogens is 4. The molecule has 0 aliphatic carbocycles. The van der Waals surface area contributed by atoms with Gasteiger partial charge in [0.05, 0.1) is 29.5 Å². The van der Waals surface area contributed by atoms with Gasteiger partial charge in [0, 0.05) is 31.8 Å². The lowest BCUT2D eigenvalue weighted by Gasteiger charge is -2.17. The number of fused-ring (bicyclic) bond motifs is 1. The highest BCUT2D eigenvalue weighted by Gasteiger charge is 2.20. The molecule has 1 aromatic carbocycles. The van der Waals surface area contributed by atoms with Gasteiger partial charge in [0.25, 0.3) is 5.69 Å². The second-order valence-corrected chi connectivity index (χ2v) is 8.74. The lowest BCUT2D eigenvalue weighted by atomic mass is 10.1. The third-order valence-electron chi connectivity index (χ3n) is 5.29. The number of rotatable bonds is 9. The molecule has 1 N–H and O–H groups in total. The normalized spacial score (nSPS) is 13.6. The molecule has 1 saturated heterocycles. The number of anilines is 1. The number of hydrogen-bond acceptors (Lipinski definition) is 8. The van der Waals surface area contributed by atoms with E-state index < -0.39 is 4.92 Å². The zero-order valence-corrected chi connectivity index (χ0v) is 18.7. The standard InChI is InChI=1S/C21H25N7O3S/c1-2-32-21-24-19(26-10-3-4-11-26)17-14-23-27(20(17)25-21)12-9-22-18(29)13-15-5-7-16(8-6-15)28(30)31/h5-8,14H,2-4,9-13H2,1H3,(H,22,29). The third-order valence-corrected chi connectivity index (χ3v) is 6.02. The summed E-state index contributed by atoms with van der Waals surface area (Å²) < 4.78 is 1.81. The van der Waals surface area contributed by atoms with Gasteiger partial charge in [-0.1, -0.05) is 30.8 Å². The fraction of sp³-hybridized carbons (Fsp3) is 0.429. The molecule has 2 aromatic heterocycles. The monoisotopic (exact) mass is 455 g/mol. The molecule has 32 heavy (non-hydrogen) atoms. The van der Waals surface area contributed by atoms with E-state index in [1.54, 1.807) is 23.9 Å². The summed E-state index contributed by atoms with van der Waals surface area (Å²) in [7, 11) is 0. The van der Waals surface area contributed by atoms with E-state index in [1.165, 1.54) is 12.1 Å². The van der Waals surface area contributed by atoms with Crippen LogP contribution in [0.15, 0.2) is 35.6 Å². The highest BCUT2D eigenvalue weighted by molar-refractivity contribution is 7.99. The van der Waals surface area contributed by atoms with Gasteiger partial charge in [0.15, 0.2) is 10.8 Å². The molecular formula is C21H25N7O3S. The van der Waals surface area contributed by atoms with E-state index in [-0.39, 0.29) is 18.0 Å². The second-order valence-electron chi connectivity index (χ2n) is 7.51. The van der Waals surface area contributed by atoms with E-state index in [0.29, 0.717) is 13.1 Å². The van der Waals surface area contributed by atoms with Gasteiger partial charge in [-0.2, -0.15) is 5.10 Å². The molecule has 1 aliphatic heterocycles. The lowest BCUT2D eigenvalue weighted by Crippen LogP contribution is -2.29. The molecule has 1 aliphatic rings. The van der Waals surface area contributed by atoms with Crippen molar-refractivity contribution in [2.45, 2.75) is 37.9 Å². The van der Waals surface area contributed by atoms with Gasteiger partial charge in [-0.15, -0.1) is 0 Å². The zero-order chi connectivity index (χ0) is 22.5. The van der Waals surface area contributed by atoms with E-state index in [4.69, 9.17) is 9.97 Å². The Bertz CT molecular complexity index is 1110. The number of nitrogens with one attached hydrogen (secondary N) is 1. The van der Waals surface area contributed by atoms with Gasteiger partial charge in [-0.25, -0.2) is 14.6 Å². The Morgan fingerprint density at radius 2 is 1.97 bits per heavy atom. The quantitative estimate of drug-likeness (QED) is 0.226. The number of thioether (sulfide) groups is 1. The van der Waals surface area contributed by atoms with E-state index in [1.807, 2.05) is 10.9 Å². The van der Waals surface area contributed by atoms with Crippen LogP contribution in [0.2, 0.25) is 0 Å². The predicted molar refractivity (Wildman–Crippen MR) is 123 cm³/mol. The molecule has 3 aromatic rings. The van der Waals surface area contributed by atoms with E-state index in [9.17, 15) is 14.9 Å². The Morgan fingerprint density at radius 3 is 2.66 bits per heavy atom. The number of nitro groups is 1. The molecule has 0 bridgehead atoms. The largest absolute Gasteiger partial charge is 0.356 e. The maximum atomic E-state index is 12.3. The summed E-state index contributed by atoms with van der Waals surface area (Å²) in [4.78, 5) is 34.3. The SMILES string of the molecule is CCSc1nc(N2CCCC2)c2cnn(CCNC(=O)Cc3ccc([N+](=O)[O-])cc3)c2n1. The maximum absolute atomic E-state index is 12.3. The number of nitro benzene ring substituents is 1. The summed E-state index contributed by atoms with van der Waals surface area (Å²) in [5.74, 6) is 1.68. The van der Waals surface area contributed by atoms with Crippen LogP contribution < -0.4 is 10.2 Å². The van der Waals surface area contributed by atoms with Crippen LogP contribution in [0.25, 0.3) is 11.0 Å². The Balaban J connectivity index is 1.41. The van der Waals surface area contributed by atoms with Crippen LogP contribution in [0.1, 0.15) is 25.3 Å². The first-order valence-corrected chi connectivity index (χ1v) is 11.6. The number of nitrogens with zero attached hydrogens (tertiary/aromatic N) is 6. The first kappa shape index (κ1) is 22.0. The Labute approximate surface area is 189 Å². The number of non-ortho nitro benzene ring substituents is 1. The summed E-state index contributed by atoms with van der Waals surface area (Å²) >= 11 is 1.61. The number of benzene rings is 1. The van der Waals surface area contributed by atoms with Crippen molar-refractivity contribution >= 4 is 40.2 Å². The molecule has 0 radical (unpaired) electrons. The van der Waals surface area contributed by atoms with Crippen molar-refractivity contribution in [3.05, 3.63) is 46.1 Å². The molecule has 1 fully saturated rings. The van der Waals surface area contributed by atoms with Crippen molar-refractivity contribution in [1.82, 2.24) is 25.1 Å². The van der Waals surface area contributed by atoms with Crippen molar-refractivity contribution in [3.63, 3.8) is 0 Å². The first-order valence-electron chi connectivity index (χ1n) is 10.7. The van der Waals surface area contributed by atoms with E-state index in [2.05, 4.69) is 22.2 Å². The number of hydrogen-bond donors (Lipinski definition) is 1. The lowest BCUT2D eigenvalue weighted by molar-refractivity contribution is -0.384. The average molecular weight is 456 g/mol. The van der Waals surface area contributed by atoms with E-state index >= 15 is 0 Å². The van der Waals surface area contributed by atoms with Gasteiger partial charge in [-0.05, 0) is 24.2 Å². The zero-order valence-electron chi connectivity index (χ0n) is 17.9. The highest BCUT2D eigenvalue weighted by Crippen LogP contribution is 2.29. The number of carbonyl (C=O) groups excluding carboxylic acids is 1. The van der Waals surface area contributed by atoms with E-state index in [0.717, 1.165) is 59.3 Å². The molecule has 0 unspecified atom stereocenters. The molecule has 11 heteroatoms. The van der Waals surface area contributed by atoms with Crippen LogP contribution in [0, 0.1) is 10.1 Å². The summed E-state index contributed by atoms with van der Waals surface area (Å²) in [5.41, 5.74) is 1.51. The summed E-state index contributed by atoms with van der Waals surface area (Å²) in [6, 6.07) is 6.01. The van der Waals surface area contributed by atoms with Crippen LogP contribution in [-0.4, -0.2) is 56.0 Å². The van der Waals surface area contributed by atoms with Gasteiger partial charge >= 0.3 is 0 Å². The fourth-order valence-electron chi connectivity index (χ4n) is 3.73. The minimum atomic E-state index is -0.457. The van der Waals surface area contributed by atoms with Crippen molar-refractivity contribution in [1.29, 1.82) is 0 Å². The topological polar surface area (TPSA) is 119 Å². The minimum Gasteiger partial charge on any atom is -0.356 e. The van der Waals surface area contributed by atoms with Crippen molar-refractivity contribution < 1.29 is 9.72 Å². The van der Waals surface area contributed by atoms with Crippen LogP contribution in [0.3, 0.4) is 0 Å². The molecule has 0 spiro atoms. The Hall–Kier alpha value is -3.21. The molecule has 1 amide bonds. The van der Waals surface area contributed by atoms with Crippen LogP contribution in [0.4, 0.5) is 11.5 Å². The summed E-state index contributed by atoms with van der Waals surface area (Å²) in [6.45, 7) is 4.95. The van der Waals surface area contributed by atoms with Crippen molar-refractivity contribution in [3.8, 4) is 0 Å². The molecule has 0 atom stereocenters. The van der Waals surface area contributed by atoms with Gasteiger partial charge in [0.2, 0.25) is 5.91 Å². The third kappa shape index (κ3) is 4.98. The fourth-order valence-corrected chi connectivity index (χ4v) is 4.29. The second kappa shape index (κ2) is 9.94. The number of carbonyl (C=O) groups is 1. The Kier molecular flexibility index (Phi) is 6.84. The smallest absolute Gasteiger partial charge is 0.269 e. The Morgan fingerprint density at radius 1 is 1.22 bits per heavy atom. The van der Waals surface area contributed by atoms with Crippen molar-refractivity contribution in [2.24, 2.45) is 0 Å². The minimum absolute atomic E-state index is 0.00983. The summed E-state index contributed by atoms with van der Waals surface area (Å²) in [5, 5.41) is 19.8. The van der Waals surface area contributed by atoms with Gasteiger partial charge < -0.3 is 10.2 Å². The molecule has 3 heterocycles. The van der Waals surface area contributed by atoms with Crippen molar-refractivity contribution in [2.75, 3.05) is 30.3 Å². The maximum Gasteiger partial charge on any atom is 0.269 e. The molecule has 0 saturated carbocycles. The molecular weight excluding hydrogens is 430 g/mol. The average Bonchev–Trinajstić information content (AvgIpc) is 3.45. The van der Waals surface area contributed by atoms with Crippen LogP contribution in [0.5, 0.6) is 0 Å². The van der Waals surface area contributed by atoms with Gasteiger partial charge in [-0.3, -0.25) is 14.9 Å². The highest BCUT2D eigenvalue weighted by atomic mass is 32.2. The van der Waals surface area contributed by atoms with Crippen LogP contribution >= 0.6 is 11.8 Å². The molecule has 4 rings (SSSR count). The molecule has 10 nitrogen and oxygen atoms in total. The van der Waals surface area contributed by atoms with Gasteiger partial charge in [0.1, 0.15) is 5.82 Å². The first-order chi connectivity index (χ1) is 15.5.